The third kappa shape index (κ3) is 4.27. The highest BCUT2D eigenvalue weighted by Crippen LogP contribution is 2.14. The Morgan fingerprint density at radius 2 is 2.21 bits per heavy atom. The predicted molar refractivity (Wildman–Crippen MR) is 77.3 cm³/mol. The van der Waals surface area contributed by atoms with Crippen LogP contribution in [0.2, 0.25) is 0 Å². The first-order valence-corrected chi connectivity index (χ1v) is 7.21. The molecule has 1 aromatic heterocycles. The van der Waals surface area contributed by atoms with Crippen LogP contribution in [-0.2, 0) is 11.2 Å². The van der Waals surface area contributed by atoms with Crippen molar-refractivity contribution in [2.24, 2.45) is 0 Å². The van der Waals surface area contributed by atoms with Crippen LogP contribution in [0, 0.1) is 0 Å². The fourth-order valence-electron chi connectivity index (χ4n) is 2.68. The van der Waals surface area contributed by atoms with Gasteiger partial charge in [-0.2, -0.15) is 0 Å². The van der Waals surface area contributed by atoms with Crippen molar-refractivity contribution >= 4 is 0 Å². The van der Waals surface area contributed by atoms with Crippen molar-refractivity contribution in [2.75, 3.05) is 33.4 Å². The zero-order chi connectivity index (χ0) is 13.5. The standard InChI is InChI=1S/C15H25N3O/c1-3-17-14-7-11-19-12-15(14)18(2)10-6-13-4-8-16-9-5-13/h4-5,8-9,14-15,17H,3,6-7,10-12H2,1-2H3. The van der Waals surface area contributed by atoms with Gasteiger partial charge in [-0.3, -0.25) is 9.88 Å². The van der Waals surface area contributed by atoms with Gasteiger partial charge < -0.3 is 10.1 Å². The van der Waals surface area contributed by atoms with E-state index in [1.54, 1.807) is 0 Å². The first-order valence-electron chi connectivity index (χ1n) is 7.21. The Bertz CT molecular complexity index is 356. The molecule has 0 bridgehead atoms. The zero-order valence-corrected chi connectivity index (χ0v) is 12.0. The summed E-state index contributed by atoms with van der Waals surface area (Å²) in [6, 6.07) is 5.22. The summed E-state index contributed by atoms with van der Waals surface area (Å²) in [5.74, 6) is 0. The van der Waals surface area contributed by atoms with Gasteiger partial charge in [0.15, 0.2) is 0 Å². The van der Waals surface area contributed by atoms with Gasteiger partial charge in [-0.15, -0.1) is 0 Å². The molecule has 106 valence electrons. The van der Waals surface area contributed by atoms with Crippen LogP contribution in [0.1, 0.15) is 18.9 Å². The molecule has 1 aliphatic rings. The topological polar surface area (TPSA) is 37.4 Å². The maximum absolute atomic E-state index is 5.64. The molecule has 0 spiro atoms. The van der Waals surface area contributed by atoms with E-state index in [0.29, 0.717) is 12.1 Å². The molecule has 4 nitrogen and oxygen atoms in total. The molecule has 1 aromatic rings. The van der Waals surface area contributed by atoms with Gasteiger partial charge in [0.2, 0.25) is 0 Å². The summed E-state index contributed by atoms with van der Waals surface area (Å²) >= 11 is 0. The van der Waals surface area contributed by atoms with Crippen LogP contribution < -0.4 is 5.32 Å². The lowest BCUT2D eigenvalue weighted by Crippen LogP contribution is -2.54. The highest BCUT2D eigenvalue weighted by molar-refractivity contribution is 5.10. The average Bonchev–Trinajstić information content (AvgIpc) is 2.47. The SMILES string of the molecule is CCNC1CCOCC1N(C)CCc1ccncc1. The molecule has 0 saturated carbocycles. The molecule has 0 amide bonds. The molecule has 2 heterocycles. The minimum Gasteiger partial charge on any atom is -0.380 e. The molecule has 2 atom stereocenters. The molecule has 2 unspecified atom stereocenters. The molecular weight excluding hydrogens is 238 g/mol. The van der Waals surface area contributed by atoms with E-state index in [9.17, 15) is 0 Å². The minimum atomic E-state index is 0.482. The van der Waals surface area contributed by atoms with Crippen molar-refractivity contribution in [1.82, 2.24) is 15.2 Å². The molecule has 19 heavy (non-hydrogen) atoms. The molecule has 4 heteroatoms. The molecular formula is C15H25N3O. The first kappa shape index (κ1) is 14.4. The highest BCUT2D eigenvalue weighted by Gasteiger charge is 2.27. The van der Waals surface area contributed by atoms with Crippen LogP contribution in [0.4, 0.5) is 0 Å². The number of rotatable bonds is 6. The smallest absolute Gasteiger partial charge is 0.0636 e. The number of ether oxygens (including phenoxy) is 1. The van der Waals surface area contributed by atoms with Crippen LogP contribution in [0.3, 0.4) is 0 Å². The number of hydrogen-bond donors (Lipinski definition) is 1. The quantitative estimate of drug-likeness (QED) is 0.840. The molecule has 0 radical (unpaired) electrons. The second-order valence-electron chi connectivity index (χ2n) is 5.18. The zero-order valence-electron chi connectivity index (χ0n) is 12.0. The van der Waals surface area contributed by atoms with Crippen molar-refractivity contribution in [1.29, 1.82) is 0 Å². The largest absolute Gasteiger partial charge is 0.380 e. The number of nitrogens with one attached hydrogen (secondary N) is 1. The van der Waals surface area contributed by atoms with E-state index in [4.69, 9.17) is 4.74 Å². The lowest BCUT2D eigenvalue weighted by Gasteiger charge is -2.38. The summed E-state index contributed by atoms with van der Waals surface area (Å²) in [6.07, 6.45) is 5.90. The lowest BCUT2D eigenvalue weighted by molar-refractivity contribution is 0.00685. The maximum Gasteiger partial charge on any atom is 0.0636 e. The second-order valence-corrected chi connectivity index (χ2v) is 5.18. The van der Waals surface area contributed by atoms with Gasteiger partial charge in [0, 0.05) is 37.6 Å². The Labute approximate surface area is 116 Å². The summed E-state index contributed by atoms with van der Waals surface area (Å²) in [4.78, 5) is 6.48. The third-order valence-corrected chi connectivity index (χ3v) is 3.86. The Kier molecular flexibility index (Phi) is 5.76. The van der Waals surface area contributed by atoms with Crippen molar-refractivity contribution in [3.05, 3.63) is 30.1 Å². The van der Waals surface area contributed by atoms with Gasteiger partial charge in [0.05, 0.1) is 6.61 Å². The lowest BCUT2D eigenvalue weighted by atomic mass is 10.0. The number of hydrogen-bond acceptors (Lipinski definition) is 4. The molecule has 0 aromatic carbocycles. The molecule has 2 rings (SSSR count). The van der Waals surface area contributed by atoms with E-state index in [0.717, 1.165) is 39.1 Å². The van der Waals surface area contributed by atoms with Crippen molar-refractivity contribution in [3.8, 4) is 0 Å². The number of nitrogens with zero attached hydrogens (tertiary/aromatic N) is 2. The van der Waals surface area contributed by atoms with Crippen LogP contribution >= 0.6 is 0 Å². The molecule has 1 N–H and O–H groups in total. The van der Waals surface area contributed by atoms with Crippen molar-refractivity contribution in [2.45, 2.75) is 31.8 Å². The number of aromatic nitrogens is 1. The van der Waals surface area contributed by atoms with E-state index >= 15 is 0 Å². The monoisotopic (exact) mass is 263 g/mol. The Hall–Kier alpha value is -0.970. The van der Waals surface area contributed by atoms with Gasteiger partial charge in [0.1, 0.15) is 0 Å². The first-order chi connectivity index (χ1) is 9.31. The van der Waals surface area contributed by atoms with Crippen molar-refractivity contribution < 1.29 is 4.74 Å². The normalized spacial score (nSPS) is 23.7. The van der Waals surface area contributed by atoms with Gasteiger partial charge in [0.25, 0.3) is 0 Å². The summed E-state index contributed by atoms with van der Waals surface area (Å²) in [5, 5.41) is 3.58. The van der Waals surface area contributed by atoms with Gasteiger partial charge in [-0.05, 0) is 44.1 Å². The van der Waals surface area contributed by atoms with E-state index in [1.807, 2.05) is 12.4 Å². The van der Waals surface area contributed by atoms with E-state index in [-0.39, 0.29) is 0 Å². The average molecular weight is 263 g/mol. The summed E-state index contributed by atoms with van der Waals surface area (Å²) in [7, 11) is 2.20. The Morgan fingerprint density at radius 3 is 2.95 bits per heavy atom. The van der Waals surface area contributed by atoms with Crippen LogP contribution in [0.25, 0.3) is 0 Å². The summed E-state index contributed by atoms with van der Waals surface area (Å²) in [5.41, 5.74) is 1.35. The molecule has 1 saturated heterocycles. The van der Waals surface area contributed by atoms with Crippen LogP contribution in [-0.4, -0.2) is 55.3 Å². The van der Waals surface area contributed by atoms with Crippen LogP contribution in [0.5, 0.6) is 0 Å². The van der Waals surface area contributed by atoms with Gasteiger partial charge in [-0.1, -0.05) is 6.92 Å². The summed E-state index contributed by atoms with van der Waals surface area (Å²) < 4.78 is 5.64. The van der Waals surface area contributed by atoms with E-state index in [1.165, 1.54) is 5.56 Å². The van der Waals surface area contributed by atoms with Gasteiger partial charge in [-0.25, -0.2) is 0 Å². The number of likely N-dealkylation sites (N-methyl/N-ethyl adjacent to an activating group) is 2. The number of pyridine rings is 1. The molecule has 0 aliphatic carbocycles. The van der Waals surface area contributed by atoms with Crippen molar-refractivity contribution in [3.63, 3.8) is 0 Å². The Balaban J connectivity index is 1.85. The van der Waals surface area contributed by atoms with Crippen LogP contribution in [0.15, 0.2) is 24.5 Å². The van der Waals surface area contributed by atoms with E-state index in [2.05, 4.69) is 41.3 Å². The molecule has 1 fully saturated rings. The minimum absolute atomic E-state index is 0.482. The van der Waals surface area contributed by atoms with E-state index < -0.39 is 0 Å². The molecule has 1 aliphatic heterocycles. The third-order valence-electron chi connectivity index (χ3n) is 3.86. The fourth-order valence-corrected chi connectivity index (χ4v) is 2.68. The fraction of sp³-hybridized carbons (Fsp3) is 0.667. The second kappa shape index (κ2) is 7.58. The van der Waals surface area contributed by atoms with Gasteiger partial charge >= 0.3 is 0 Å². The predicted octanol–water partition coefficient (Wildman–Crippen LogP) is 1.32. The maximum atomic E-state index is 5.64. The summed E-state index contributed by atoms with van der Waals surface area (Å²) in [6.45, 7) is 5.97. The highest BCUT2D eigenvalue weighted by atomic mass is 16.5. The Morgan fingerprint density at radius 1 is 1.42 bits per heavy atom.